The van der Waals surface area contributed by atoms with E-state index in [2.05, 4.69) is 4.90 Å². The maximum Gasteiger partial charge on any atom is 0.409 e. The molecule has 1 aromatic rings. The molecule has 1 amide bonds. The highest BCUT2D eigenvalue weighted by Crippen LogP contribution is 2.28. The quantitative estimate of drug-likeness (QED) is 0.889. The van der Waals surface area contributed by atoms with E-state index in [4.69, 9.17) is 14.6 Å². The molecule has 110 valence electrons. The van der Waals surface area contributed by atoms with Gasteiger partial charge in [0.2, 0.25) is 0 Å². The monoisotopic (exact) mass is 280 g/mol. The lowest BCUT2D eigenvalue weighted by Gasteiger charge is -2.36. The smallest absolute Gasteiger partial charge is 0.409 e. The number of hydrogen-bond acceptors (Lipinski definition) is 5. The summed E-state index contributed by atoms with van der Waals surface area (Å²) in [6.45, 7) is 2.56. The molecule has 1 aliphatic rings. The first kappa shape index (κ1) is 14.5. The molecular formula is C14H20N2O4. The van der Waals surface area contributed by atoms with Crippen molar-refractivity contribution in [1.82, 2.24) is 4.90 Å². The van der Waals surface area contributed by atoms with Crippen LogP contribution in [0, 0.1) is 0 Å². The van der Waals surface area contributed by atoms with Crippen LogP contribution in [0.25, 0.3) is 0 Å². The molecule has 1 fully saturated rings. The molecule has 6 nitrogen and oxygen atoms in total. The molecule has 0 bridgehead atoms. The van der Waals surface area contributed by atoms with Crippen LogP contribution in [-0.4, -0.2) is 62.6 Å². The summed E-state index contributed by atoms with van der Waals surface area (Å²) in [7, 11) is 1.65. The first-order valence-electron chi connectivity index (χ1n) is 6.66. The summed E-state index contributed by atoms with van der Waals surface area (Å²) in [5.41, 5.74) is 1.04. The third-order valence-corrected chi connectivity index (χ3v) is 3.28. The van der Waals surface area contributed by atoms with Gasteiger partial charge in [-0.1, -0.05) is 12.1 Å². The van der Waals surface area contributed by atoms with Gasteiger partial charge in [-0.15, -0.1) is 0 Å². The number of methoxy groups -OCH3 is 1. The highest BCUT2D eigenvalue weighted by molar-refractivity contribution is 5.68. The second-order valence-corrected chi connectivity index (χ2v) is 4.48. The number of anilines is 1. The van der Waals surface area contributed by atoms with Gasteiger partial charge >= 0.3 is 6.09 Å². The summed E-state index contributed by atoms with van der Waals surface area (Å²) in [4.78, 5) is 15.5. The SMILES string of the molecule is COc1ccccc1N1CCN(C(=O)OCCO)CC1. The average Bonchev–Trinajstić information content (AvgIpc) is 2.52. The molecule has 1 heterocycles. The summed E-state index contributed by atoms with van der Waals surface area (Å²) in [5, 5.41) is 8.64. The van der Waals surface area contributed by atoms with Gasteiger partial charge in [0, 0.05) is 26.2 Å². The number of aliphatic hydroxyl groups is 1. The van der Waals surface area contributed by atoms with Gasteiger partial charge in [-0.05, 0) is 12.1 Å². The summed E-state index contributed by atoms with van der Waals surface area (Å²) in [6, 6.07) is 7.85. The number of benzene rings is 1. The van der Waals surface area contributed by atoms with Crippen LogP contribution in [0.15, 0.2) is 24.3 Å². The fraction of sp³-hybridized carbons (Fsp3) is 0.500. The number of aliphatic hydroxyl groups excluding tert-OH is 1. The van der Waals surface area contributed by atoms with Gasteiger partial charge in [0.25, 0.3) is 0 Å². The number of ether oxygens (including phenoxy) is 2. The normalized spacial score (nSPS) is 15.1. The maximum atomic E-state index is 11.7. The van der Waals surface area contributed by atoms with E-state index in [9.17, 15) is 4.79 Å². The van der Waals surface area contributed by atoms with Gasteiger partial charge in [-0.3, -0.25) is 0 Å². The van der Waals surface area contributed by atoms with Gasteiger partial charge in [-0.2, -0.15) is 0 Å². The summed E-state index contributed by atoms with van der Waals surface area (Å²) < 4.78 is 10.3. The summed E-state index contributed by atoms with van der Waals surface area (Å²) in [5.74, 6) is 0.837. The standard InChI is InChI=1S/C14H20N2O4/c1-19-13-5-3-2-4-12(13)15-6-8-16(9-7-15)14(18)20-11-10-17/h2-5,17H,6-11H2,1H3. The molecule has 1 N–H and O–H groups in total. The van der Waals surface area contributed by atoms with Crippen molar-refractivity contribution in [2.75, 3.05) is 51.4 Å². The number of para-hydroxylation sites is 2. The topological polar surface area (TPSA) is 62.2 Å². The van der Waals surface area contributed by atoms with Gasteiger partial charge in [0.15, 0.2) is 0 Å². The number of carbonyl (C=O) groups excluding carboxylic acids is 1. The molecule has 6 heteroatoms. The van der Waals surface area contributed by atoms with Crippen LogP contribution in [-0.2, 0) is 4.74 Å². The largest absolute Gasteiger partial charge is 0.495 e. The van der Waals surface area contributed by atoms with Crippen LogP contribution in [0.2, 0.25) is 0 Å². The number of rotatable bonds is 4. The fourth-order valence-electron chi connectivity index (χ4n) is 2.25. The molecule has 0 spiro atoms. The van der Waals surface area contributed by atoms with E-state index in [1.165, 1.54) is 0 Å². The lowest BCUT2D eigenvalue weighted by atomic mass is 10.2. The first-order valence-corrected chi connectivity index (χ1v) is 6.66. The second kappa shape index (κ2) is 7.00. The van der Waals surface area contributed by atoms with Gasteiger partial charge in [-0.25, -0.2) is 4.79 Å². The lowest BCUT2D eigenvalue weighted by Crippen LogP contribution is -2.49. The summed E-state index contributed by atoms with van der Waals surface area (Å²) >= 11 is 0. The first-order chi connectivity index (χ1) is 9.76. The molecule has 0 saturated carbocycles. The van der Waals surface area contributed by atoms with E-state index >= 15 is 0 Å². The number of nitrogens with zero attached hydrogens (tertiary/aromatic N) is 2. The highest BCUT2D eigenvalue weighted by atomic mass is 16.6. The van der Waals surface area contributed by atoms with Crippen molar-refractivity contribution >= 4 is 11.8 Å². The predicted molar refractivity (Wildman–Crippen MR) is 75.2 cm³/mol. The molecule has 0 atom stereocenters. The number of hydrogen-bond donors (Lipinski definition) is 1. The Bertz CT molecular complexity index is 445. The minimum atomic E-state index is -0.362. The molecule has 1 aliphatic heterocycles. The zero-order valence-electron chi connectivity index (χ0n) is 11.6. The molecule has 0 aliphatic carbocycles. The molecule has 0 unspecified atom stereocenters. The second-order valence-electron chi connectivity index (χ2n) is 4.48. The maximum absolute atomic E-state index is 11.7. The third-order valence-electron chi connectivity index (χ3n) is 3.28. The fourth-order valence-corrected chi connectivity index (χ4v) is 2.25. The van der Waals surface area contributed by atoms with Crippen molar-refractivity contribution in [3.8, 4) is 5.75 Å². The van der Waals surface area contributed by atoms with Gasteiger partial charge < -0.3 is 24.4 Å². The highest BCUT2D eigenvalue weighted by Gasteiger charge is 2.23. The van der Waals surface area contributed by atoms with Crippen LogP contribution in [0.5, 0.6) is 5.75 Å². The minimum Gasteiger partial charge on any atom is -0.495 e. The predicted octanol–water partition coefficient (Wildman–Crippen LogP) is 0.946. The summed E-state index contributed by atoms with van der Waals surface area (Å²) in [6.07, 6.45) is -0.362. The Morgan fingerprint density at radius 3 is 2.60 bits per heavy atom. The molecule has 2 rings (SSSR count). The zero-order valence-corrected chi connectivity index (χ0v) is 11.6. The molecule has 1 aromatic carbocycles. The number of carbonyl (C=O) groups is 1. The van der Waals surface area contributed by atoms with E-state index in [0.29, 0.717) is 13.1 Å². The Hall–Kier alpha value is -1.95. The molecule has 0 radical (unpaired) electrons. The van der Waals surface area contributed by atoms with Crippen molar-refractivity contribution in [3.63, 3.8) is 0 Å². The van der Waals surface area contributed by atoms with Crippen LogP contribution in [0.1, 0.15) is 0 Å². The number of amides is 1. The molecule has 0 aromatic heterocycles. The van der Waals surface area contributed by atoms with Crippen LogP contribution in [0.3, 0.4) is 0 Å². The Kier molecular flexibility index (Phi) is 5.06. The molecule has 1 saturated heterocycles. The third kappa shape index (κ3) is 3.33. The van der Waals surface area contributed by atoms with Gasteiger partial charge in [0.1, 0.15) is 12.4 Å². The van der Waals surface area contributed by atoms with Crippen molar-refractivity contribution in [2.45, 2.75) is 0 Å². The Labute approximate surface area is 118 Å². The Morgan fingerprint density at radius 1 is 1.25 bits per heavy atom. The van der Waals surface area contributed by atoms with Crippen LogP contribution >= 0.6 is 0 Å². The Morgan fingerprint density at radius 2 is 1.95 bits per heavy atom. The molecular weight excluding hydrogens is 260 g/mol. The van der Waals surface area contributed by atoms with Gasteiger partial charge in [0.05, 0.1) is 19.4 Å². The van der Waals surface area contributed by atoms with Crippen molar-refractivity contribution in [1.29, 1.82) is 0 Å². The number of piperazine rings is 1. The molecule has 20 heavy (non-hydrogen) atoms. The van der Waals surface area contributed by atoms with Crippen LogP contribution in [0.4, 0.5) is 10.5 Å². The zero-order chi connectivity index (χ0) is 14.4. The average molecular weight is 280 g/mol. The van der Waals surface area contributed by atoms with E-state index in [-0.39, 0.29) is 19.3 Å². The van der Waals surface area contributed by atoms with E-state index in [0.717, 1.165) is 24.5 Å². The van der Waals surface area contributed by atoms with Crippen molar-refractivity contribution in [2.24, 2.45) is 0 Å². The van der Waals surface area contributed by atoms with Crippen molar-refractivity contribution < 1.29 is 19.4 Å². The lowest BCUT2D eigenvalue weighted by molar-refractivity contribution is 0.0825. The van der Waals surface area contributed by atoms with E-state index in [1.807, 2.05) is 24.3 Å². The van der Waals surface area contributed by atoms with E-state index in [1.54, 1.807) is 12.0 Å². The minimum absolute atomic E-state index is 0.0472. The van der Waals surface area contributed by atoms with E-state index < -0.39 is 0 Å². The van der Waals surface area contributed by atoms with Crippen molar-refractivity contribution in [3.05, 3.63) is 24.3 Å². The Balaban J connectivity index is 1.92. The van der Waals surface area contributed by atoms with Crippen LogP contribution < -0.4 is 9.64 Å².